The summed E-state index contributed by atoms with van der Waals surface area (Å²) in [5.41, 5.74) is 5.35. The lowest BCUT2D eigenvalue weighted by molar-refractivity contribution is 0.288. The Morgan fingerprint density at radius 1 is 0.838 bits per heavy atom. The number of nitrogens with zero attached hydrogens (tertiary/aromatic N) is 6. The summed E-state index contributed by atoms with van der Waals surface area (Å²) in [6.45, 7) is 9.25. The minimum atomic E-state index is 0.695. The maximum atomic E-state index is 5.20. The Morgan fingerprint density at radius 2 is 1.68 bits per heavy atom. The molecule has 0 bridgehead atoms. The summed E-state index contributed by atoms with van der Waals surface area (Å²) in [7, 11) is 0. The SMILES string of the molecule is Cc1ccc(Cc2nc(N3CCCN(Cc4cccs4)CC3)c3c(C)nn(-c4ccccc4)c3n2)cc1. The van der Waals surface area contributed by atoms with Gasteiger partial charge in [-0.05, 0) is 49.4 Å². The van der Waals surface area contributed by atoms with Gasteiger partial charge in [-0.25, -0.2) is 14.6 Å². The highest BCUT2D eigenvalue weighted by molar-refractivity contribution is 7.09. The summed E-state index contributed by atoms with van der Waals surface area (Å²) >= 11 is 1.84. The van der Waals surface area contributed by atoms with Crippen LogP contribution in [-0.2, 0) is 13.0 Å². The molecule has 5 aromatic rings. The molecular formula is C30H32N6S. The number of fused-ring (bicyclic) bond motifs is 1. The molecule has 0 atom stereocenters. The highest BCUT2D eigenvalue weighted by atomic mass is 32.1. The van der Waals surface area contributed by atoms with Crippen LogP contribution in [0.15, 0.2) is 72.1 Å². The van der Waals surface area contributed by atoms with E-state index in [0.717, 1.165) is 73.2 Å². The Kier molecular flexibility index (Phi) is 6.72. The van der Waals surface area contributed by atoms with Crippen molar-refractivity contribution in [3.8, 4) is 5.69 Å². The fourth-order valence-electron chi connectivity index (χ4n) is 5.11. The molecule has 0 amide bonds. The van der Waals surface area contributed by atoms with E-state index in [9.17, 15) is 0 Å². The summed E-state index contributed by atoms with van der Waals surface area (Å²) in [6.07, 6.45) is 1.80. The minimum absolute atomic E-state index is 0.695. The van der Waals surface area contributed by atoms with Crippen LogP contribution in [0.25, 0.3) is 16.7 Å². The normalized spacial score (nSPS) is 14.8. The first kappa shape index (κ1) is 23.8. The van der Waals surface area contributed by atoms with Crippen molar-refractivity contribution in [1.29, 1.82) is 0 Å². The van der Waals surface area contributed by atoms with Crippen LogP contribution >= 0.6 is 11.3 Å². The summed E-state index contributed by atoms with van der Waals surface area (Å²) < 4.78 is 1.98. The second-order valence-corrected chi connectivity index (χ2v) is 10.9. The molecule has 37 heavy (non-hydrogen) atoms. The van der Waals surface area contributed by atoms with Crippen molar-refractivity contribution < 1.29 is 0 Å². The van der Waals surface area contributed by atoms with Gasteiger partial charge in [-0.1, -0.05) is 54.1 Å². The second kappa shape index (κ2) is 10.4. The van der Waals surface area contributed by atoms with Gasteiger partial charge in [0.1, 0.15) is 11.6 Å². The number of para-hydroxylation sites is 1. The molecular weight excluding hydrogens is 476 g/mol. The van der Waals surface area contributed by atoms with E-state index >= 15 is 0 Å². The van der Waals surface area contributed by atoms with Gasteiger partial charge >= 0.3 is 0 Å². The first-order valence-electron chi connectivity index (χ1n) is 13.0. The van der Waals surface area contributed by atoms with Gasteiger partial charge in [0, 0.05) is 44.0 Å². The van der Waals surface area contributed by atoms with Crippen LogP contribution in [0.2, 0.25) is 0 Å². The number of aryl methyl sites for hydroxylation is 2. The van der Waals surface area contributed by atoms with Crippen LogP contribution in [0.5, 0.6) is 0 Å². The molecule has 1 aliphatic rings. The summed E-state index contributed by atoms with van der Waals surface area (Å²) in [5.74, 6) is 1.85. The third-order valence-corrected chi connectivity index (χ3v) is 7.92. The number of hydrogen-bond donors (Lipinski definition) is 0. The summed E-state index contributed by atoms with van der Waals surface area (Å²) in [6, 6.07) is 23.3. The number of aromatic nitrogens is 4. The van der Waals surface area contributed by atoms with E-state index in [1.54, 1.807) is 0 Å². The summed E-state index contributed by atoms with van der Waals surface area (Å²) in [5, 5.41) is 8.17. The predicted molar refractivity (Wildman–Crippen MR) is 152 cm³/mol. The van der Waals surface area contributed by atoms with Gasteiger partial charge in [0.05, 0.1) is 16.8 Å². The quantitative estimate of drug-likeness (QED) is 0.290. The topological polar surface area (TPSA) is 50.1 Å². The van der Waals surface area contributed by atoms with Crippen molar-refractivity contribution in [2.24, 2.45) is 0 Å². The highest BCUT2D eigenvalue weighted by Crippen LogP contribution is 2.30. The Bertz CT molecular complexity index is 1470. The van der Waals surface area contributed by atoms with Crippen molar-refractivity contribution in [3.05, 3.63) is 99.6 Å². The molecule has 4 heterocycles. The van der Waals surface area contributed by atoms with Gasteiger partial charge in [0.15, 0.2) is 5.65 Å². The van der Waals surface area contributed by atoms with Crippen molar-refractivity contribution in [1.82, 2.24) is 24.6 Å². The van der Waals surface area contributed by atoms with Crippen molar-refractivity contribution in [2.75, 3.05) is 31.1 Å². The lowest BCUT2D eigenvalue weighted by atomic mass is 10.1. The molecule has 1 fully saturated rings. The number of anilines is 1. The average Bonchev–Trinajstić information content (AvgIpc) is 3.47. The van der Waals surface area contributed by atoms with Crippen molar-refractivity contribution in [3.63, 3.8) is 0 Å². The Labute approximate surface area is 222 Å². The van der Waals surface area contributed by atoms with Crippen LogP contribution in [-0.4, -0.2) is 50.8 Å². The standard InChI is InChI=1S/C30H32N6S/c1-22-11-13-24(14-12-22)20-27-31-29(35-16-7-15-34(17-18-35)21-26-10-6-19-37-26)28-23(2)33-36(30(28)32-27)25-8-4-3-5-9-25/h3-6,8-14,19H,7,15-18,20-21H2,1-2H3. The smallest absolute Gasteiger partial charge is 0.169 e. The molecule has 0 saturated carbocycles. The monoisotopic (exact) mass is 508 g/mol. The first-order chi connectivity index (χ1) is 18.1. The largest absolute Gasteiger partial charge is 0.355 e. The fourth-order valence-corrected chi connectivity index (χ4v) is 5.86. The van der Waals surface area contributed by atoms with Gasteiger partial charge < -0.3 is 4.90 Å². The zero-order valence-corrected chi connectivity index (χ0v) is 22.3. The molecule has 1 saturated heterocycles. The predicted octanol–water partition coefficient (Wildman–Crippen LogP) is 5.80. The molecule has 3 aromatic heterocycles. The third-order valence-electron chi connectivity index (χ3n) is 7.06. The third kappa shape index (κ3) is 5.15. The molecule has 0 aliphatic carbocycles. The van der Waals surface area contributed by atoms with Gasteiger partial charge in [-0.15, -0.1) is 11.3 Å². The van der Waals surface area contributed by atoms with E-state index in [4.69, 9.17) is 15.1 Å². The molecule has 0 spiro atoms. The molecule has 0 unspecified atom stereocenters. The molecule has 0 radical (unpaired) electrons. The van der Waals surface area contributed by atoms with Gasteiger partial charge in [0.2, 0.25) is 0 Å². The molecule has 7 heteroatoms. The fraction of sp³-hybridized carbons (Fsp3) is 0.300. The van der Waals surface area contributed by atoms with E-state index in [1.807, 2.05) is 34.2 Å². The lowest BCUT2D eigenvalue weighted by Gasteiger charge is -2.24. The number of benzene rings is 2. The second-order valence-electron chi connectivity index (χ2n) is 9.85. The molecule has 188 valence electrons. The van der Waals surface area contributed by atoms with E-state index in [0.29, 0.717) is 6.42 Å². The molecule has 1 aliphatic heterocycles. The van der Waals surface area contributed by atoms with E-state index in [-0.39, 0.29) is 0 Å². The van der Waals surface area contributed by atoms with Crippen molar-refractivity contribution >= 4 is 28.2 Å². The highest BCUT2D eigenvalue weighted by Gasteiger charge is 2.24. The average molecular weight is 509 g/mol. The molecule has 6 rings (SSSR count). The van der Waals surface area contributed by atoms with Crippen molar-refractivity contribution in [2.45, 2.75) is 33.2 Å². The van der Waals surface area contributed by atoms with E-state index in [1.165, 1.54) is 16.0 Å². The Hall–Kier alpha value is -3.55. The van der Waals surface area contributed by atoms with Crippen LogP contribution in [0.4, 0.5) is 5.82 Å². The lowest BCUT2D eigenvalue weighted by Crippen LogP contribution is -2.31. The summed E-state index contributed by atoms with van der Waals surface area (Å²) in [4.78, 5) is 16.7. The van der Waals surface area contributed by atoms with Crippen LogP contribution in [0.3, 0.4) is 0 Å². The van der Waals surface area contributed by atoms with Gasteiger partial charge in [0.25, 0.3) is 0 Å². The minimum Gasteiger partial charge on any atom is -0.355 e. The maximum Gasteiger partial charge on any atom is 0.169 e. The van der Waals surface area contributed by atoms with Crippen LogP contribution in [0.1, 0.15) is 33.9 Å². The van der Waals surface area contributed by atoms with Crippen LogP contribution < -0.4 is 4.90 Å². The molecule has 2 aromatic carbocycles. The number of thiophene rings is 1. The Morgan fingerprint density at radius 3 is 2.46 bits per heavy atom. The molecule has 0 N–H and O–H groups in total. The number of hydrogen-bond acceptors (Lipinski definition) is 6. The van der Waals surface area contributed by atoms with E-state index in [2.05, 4.69) is 77.6 Å². The molecule has 6 nitrogen and oxygen atoms in total. The van der Waals surface area contributed by atoms with Gasteiger partial charge in [-0.2, -0.15) is 5.10 Å². The van der Waals surface area contributed by atoms with Crippen LogP contribution in [0, 0.1) is 13.8 Å². The van der Waals surface area contributed by atoms with Gasteiger partial charge in [-0.3, -0.25) is 4.90 Å². The zero-order valence-electron chi connectivity index (χ0n) is 21.5. The Balaban J connectivity index is 1.39. The zero-order chi connectivity index (χ0) is 25.2. The number of rotatable bonds is 6. The first-order valence-corrected chi connectivity index (χ1v) is 13.9. The van der Waals surface area contributed by atoms with E-state index < -0.39 is 0 Å². The maximum absolute atomic E-state index is 5.20.